The van der Waals surface area contributed by atoms with E-state index >= 15 is 0 Å². The Morgan fingerprint density at radius 2 is 2.05 bits per heavy atom. The summed E-state index contributed by atoms with van der Waals surface area (Å²) in [7, 11) is 0. The van der Waals surface area contributed by atoms with Gasteiger partial charge >= 0.3 is 0 Å². The summed E-state index contributed by atoms with van der Waals surface area (Å²) in [6.07, 6.45) is 0.821. The molecule has 0 amide bonds. The average Bonchev–Trinajstić information content (AvgIpc) is 2.67. The number of hydrogen-bond donors (Lipinski definition) is 1. The van der Waals surface area contributed by atoms with Crippen LogP contribution in [0.25, 0.3) is 0 Å². The van der Waals surface area contributed by atoms with Crippen LogP contribution in [0.1, 0.15) is 41.3 Å². The Labute approximate surface area is 125 Å². The second-order valence-electron chi connectivity index (χ2n) is 4.39. The minimum atomic E-state index is 0.192. The van der Waals surface area contributed by atoms with Crippen LogP contribution in [0.5, 0.6) is 0 Å². The normalized spacial score (nSPS) is 12.5. The van der Waals surface area contributed by atoms with Crippen molar-refractivity contribution in [2.75, 3.05) is 5.32 Å². The molecule has 0 aliphatic carbocycles. The molecule has 1 unspecified atom stereocenters. The number of nitrogens with one attached hydrogen (secondary N) is 1. The van der Waals surface area contributed by atoms with E-state index in [1.54, 1.807) is 11.3 Å². The van der Waals surface area contributed by atoms with Crippen molar-refractivity contribution in [3.05, 3.63) is 32.1 Å². The summed E-state index contributed by atoms with van der Waals surface area (Å²) in [5.41, 5.74) is 1.09. The second-order valence-corrected chi connectivity index (χ2v) is 6.44. The van der Waals surface area contributed by atoms with Gasteiger partial charge in [-0.25, -0.2) is 15.0 Å². The van der Waals surface area contributed by atoms with Crippen LogP contribution in [-0.2, 0) is 6.42 Å². The third-order valence-electron chi connectivity index (χ3n) is 2.75. The van der Waals surface area contributed by atoms with Gasteiger partial charge in [0.25, 0.3) is 0 Å². The third-order valence-corrected chi connectivity index (χ3v) is 4.42. The lowest BCUT2D eigenvalue weighted by Gasteiger charge is -2.14. The second kappa shape index (κ2) is 5.96. The molecule has 0 aliphatic heterocycles. The molecule has 0 fully saturated rings. The summed E-state index contributed by atoms with van der Waals surface area (Å²) in [6, 6.07) is 2.09. The molecule has 2 aromatic rings. The van der Waals surface area contributed by atoms with Crippen molar-refractivity contribution < 1.29 is 0 Å². The standard InChI is InChI=1S/C13H17BrN4S/c1-5-11-17-10(14)6-12(18-11)16-8(3)13-7(2)15-9(4)19-13/h6,8H,5H2,1-4H3,(H,16,17,18). The minimum absolute atomic E-state index is 0.192. The van der Waals surface area contributed by atoms with Crippen LogP contribution in [-0.4, -0.2) is 15.0 Å². The van der Waals surface area contributed by atoms with Gasteiger partial charge in [0.2, 0.25) is 0 Å². The number of aryl methyl sites for hydroxylation is 3. The van der Waals surface area contributed by atoms with Crippen LogP contribution in [0, 0.1) is 13.8 Å². The predicted molar refractivity (Wildman–Crippen MR) is 82.7 cm³/mol. The van der Waals surface area contributed by atoms with Gasteiger partial charge in [-0.3, -0.25) is 0 Å². The monoisotopic (exact) mass is 340 g/mol. The third kappa shape index (κ3) is 3.51. The van der Waals surface area contributed by atoms with Crippen molar-refractivity contribution in [2.24, 2.45) is 0 Å². The zero-order valence-corrected chi connectivity index (χ0v) is 13.9. The summed E-state index contributed by atoms with van der Waals surface area (Å²) >= 11 is 5.14. The summed E-state index contributed by atoms with van der Waals surface area (Å²) < 4.78 is 0.811. The van der Waals surface area contributed by atoms with Crippen LogP contribution in [0.4, 0.5) is 5.82 Å². The van der Waals surface area contributed by atoms with E-state index in [-0.39, 0.29) is 6.04 Å². The van der Waals surface area contributed by atoms with E-state index < -0.39 is 0 Å². The maximum absolute atomic E-state index is 4.49. The van der Waals surface area contributed by atoms with Gasteiger partial charge in [-0.1, -0.05) is 6.92 Å². The fourth-order valence-electron chi connectivity index (χ4n) is 1.93. The zero-order chi connectivity index (χ0) is 14.0. The van der Waals surface area contributed by atoms with Crippen molar-refractivity contribution in [1.82, 2.24) is 15.0 Å². The lowest BCUT2D eigenvalue weighted by Crippen LogP contribution is -2.09. The van der Waals surface area contributed by atoms with Gasteiger partial charge in [0.1, 0.15) is 16.2 Å². The van der Waals surface area contributed by atoms with Crippen molar-refractivity contribution >= 4 is 33.1 Å². The molecule has 0 saturated carbocycles. The van der Waals surface area contributed by atoms with E-state index in [1.807, 2.05) is 26.8 Å². The van der Waals surface area contributed by atoms with E-state index in [0.29, 0.717) is 0 Å². The molecule has 2 rings (SSSR count). The smallest absolute Gasteiger partial charge is 0.131 e. The number of hydrogen-bond acceptors (Lipinski definition) is 5. The molecular formula is C13H17BrN4S. The van der Waals surface area contributed by atoms with Gasteiger partial charge < -0.3 is 5.32 Å². The van der Waals surface area contributed by atoms with Gasteiger partial charge in [0, 0.05) is 17.4 Å². The molecule has 2 heterocycles. The topological polar surface area (TPSA) is 50.7 Å². The number of rotatable bonds is 4. The summed E-state index contributed by atoms with van der Waals surface area (Å²) in [5, 5.41) is 4.51. The molecule has 4 nitrogen and oxygen atoms in total. The van der Waals surface area contributed by atoms with Gasteiger partial charge in [-0.15, -0.1) is 11.3 Å². The largest absolute Gasteiger partial charge is 0.363 e. The van der Waals surface area contributed by atoms with Crippen LogP contribution < -0.4 is 5.32 Å². The van der Waals surface area contributed by atoms with Crippen LogP contribution in [0.15, 0.2) is 10.7 Å². The van der Waals surface area contributed by atoms with Gasteiger partial charge in [0.15, 0.2) is 0 Å². The van der Waals surface area contributed by atoms with Crippen LogP contribution in [0.3, 0.4) is 0 Å². The van der Waals surface area contributed by atoms with E-state index in [1.165, 1.54) is 4.88 Å². The first kappa shape index (κ1) is 14.4. The summed E-state index contributed by atoms with van der Waals surface area (Å²) in [4.78, 5) is 14.5. The van der Waals surface area contributed by atoms with Crippen molar-refractivity contribution in [2.45, 2.75) is 40.2 Å². The maximum Gasteiger partial charge on any atom is 0.131 e. The van der Waals surface area contributed by atoms with E-state index in [2.05, 4.69) is 43.1 Å². The zero-order valence-electron chi connectivity index (χ0n) is 11.5. The van der Waals surface area contributed by atoms with E-state index in [4.69, 9.17) is 0 Å². The van der Waals surface area contributed by atoms with Crippen LogP contribution in [0.2, 0.25) is 0 Å². The molecule has 0 saturated heterocycles. The molecule has 0 aliphatic rings. The highest BCUT2D eigenvalue weighted by atomic mass is 79.9. The molecule has 1 atom stereocenters. The SMILES string of the molecule is CCc1nc(Br)cc(NC(C)c2sc(C)nc2C)n1. The first-order valence-electron chi connectivity index (χ1n) is 6.23. The van der Waals surface area contributed by atoms with E-state index in [0.717, 1.165) is 33.4 Å². The number of anilines is 1. The Bertz CT molecular complexity index is 582. The molecule has 0 bridgehead atoms. The first-order valence-corrected chi connectivity index (χ1v) is 7.84. The number of nitrogens with zero attached hydrogens (tertiary/aromatic N) is 3. The molecule has 2 aromatic heterocycles. The highest BCUT2D eigenvalue weighted by molar-refractivity contribution is 9.10. The lowest BCUT2D eigenvalue weighted by molar-refractivity contribution is 0.858. The number of halogens is 1. The molecule has 0 radical (unpaired) electrons. The van der Waals surface area contributed by atoms with Gasteiger partial charge in [0.05, 0.1) is 16.7 Å². The molecule has 19 heavy (non-hydrogen) atoms. The Balaban J connectivity index is 2.21. The summed E-state index contributed by atoms with van der Waals surface area (Å²) in [5.74, 6) is 1.68. The molecule has 0 aromatic carbocycles. The predicted octanol–water partition coefficient (Wildman–Crippen LogP) is 4.05. The Morgan fingerprint density at radius 1 is 1.32 bits per heavy atom. The van der Waals surface area contributed by atoms with Crippen molar-refractivity contribution in [1.29, 1.82) is 0 Å². The Morgan fingerprint density at radius 3 is 2.63 bits per heavy atom. The Kier molecular flexibility index (Phi) is 4.52. The van der Waals surface area contributed by atoms with Crippen molar-refractivity contribution in [3.63, 3.8) is 0 Å². The van der Waals surface area contributed by atoms with E-state index in [9.17, 15) is 0 Å². The fraction of sp³-hybridized carbons (Fsp3) is 0.462. The minimum Gasteiger partial charge on any atom is -0.363 e. The quantitative estimate of drug-likeness (QED) is 0.853. The maximum atomic E-state index is 4.49. The number of thiazole rings is 1. The average molecular weight is 341 g/mol. The Hall–Kier alpha value is -1.01. The molecule has 0 spiro atoms. The molecule has 102 valence electrons. The van der Waals surface area contributed by atoms with Gasteiger partial charge in [-0.05, 0) is 36.7 Å². The summed E-state index contributed by atoms with van der Waals surface area (Å²) in [6.45, 7) is 8.25. The molecular weight excluding hydrogens is 324 g/mol. The highest BCUT2D eigenvalue weighted by Gasteiger charge is 2.14. The molecule has 6 heteroatoms. The van der Waals surface area contributed by atoms with Gasteiger partial charge in [-0.2, -0.15) is 0 Å². The first-order chi connectivity index (χ1) is 8.99. The van der Waals surface area contributed by atoms with Crippen LogP contribution >= 0.6 is 27.3 Å². The highest BCUT2D eigenvalue weighted by Crippen LogP contribution is 2.27. The lowest BCUT2D eigenvalue weighted by atomic mass is 10.2. The number of aromatic nitrogens is 3. The van der Waals surface area contributed by atoms with Crippen molar-refractivity contribution in [3.8, 4) is 0 Å². The molecule has 1 N–H and O–H groups in total. The fourth-order valence-corrected chi connectivity index (χ4v) is 3.28.